The minimum Gasteiger partial charge on any atom is -0.490 e. The molecule has 2 aromatic rings. The number of carbonyl (C=O) groups is 1. The van der Waals surface area contributed by atoms with E-state index in [4.69, 9.17) is 4.74 Å². The van der Waals surface area contributed by atoms with Crippen LogP contribution in [0.15, 0.2) is 23.1 Å². The van der Waals surface area contributed by atoms with Crippen molar-refractivity contribution in [1.29, 1.82) is 0 Å². The van der Waals surface area contributed by atoms with E-state index in [0.717, 1.165) is 18.4 Å². The van der Waals surface area contributed by atoms with Crippen molar-refractivity contribution in [2.45, 2.75) is 45.9 Å². The molecular formula is C20H23FN4O3. The smallest absolute Gasteiger partial charge is 0.269 e. The zero-order chi connectivity index (χ0) is 19.8. The van der Waals surface area contributed by atoms with E-state index in [1.54, 1.807) is 26.1 Å². The predicted octanol–water partition coefficient (Wildman–Crippen LogP) is 2.13. The van der Waals surface area contributed by atoms with Crippen LogP contribution in [0.2, 0.25) is 0 Å². The number of hydrogen-bond acceptors (Lipinski definition) is 5. The molecule has 0 atom stereocenters. The molecule has 3 heterocycles. The molecule has 0 saturated carbocycles. The SMILES string of the molecule is CC(=O)N1CCC(Oc2ccc(F)c3c2CN(c2cn[nH]c(=O)c2C)C3)CC1. The molecule has 7 nitrogen and oxygen atoms in total. The summed E-state index contributed by atoms with van der Waals surface area (Å²) >= 11 is 0. The number of H-pyrrole nitrogens is 1. The van der Waals surface area contributed by atoms with E-state index in [1.165, 1.54) is 6.07 Å². The molecule has 28 heavy (non-hydrogen) atoms. The Balaban J connectivity index is 1.54. The number of aromatic nitrogens is 2. The Morgan fingerprint density at radius 3 is 2.68 bits per heavy atom. The van der Waals surface area contributed by atoms with Gasteiger partial charge in [0.2, 0.25) is 5.91 Å². The maximum atomic E-state index is 14.4. The van der Waals surface area contributed by atoms with Crippen molar-refractivity contribution in [3.05, 3.63) is 51.2 Å². The van der Waals surface area contributed by atoms with Gasteiger partial charge in [-0.3, -0.25) is 9.59 Å². The third kappa shape index (κ3) is 3.34. The van der Waals surface area contributed by atoms with Gasteiger partial charge in [0.25, 0.3) is 5.56 Å². The van der Waals surface area contributed by atoms with Gasteiger partial charge in [0.05, 0.1) is 11.9 Å². The highest BCUT2D eigenvalue weighted by molar-refractivity contribution is 5.73. The van der Waals surface area contributed by atoms with Crippen LogP contribution in [0.1, 0.15) is 36.5 Å². The molecule has 2 aliphatic rings. The molecule has 8 heteroatoms. The number of rotatable bonds is 3. The molecule has 148 valence electrons. The normalized spacial score (nSPS) is 17.0. The Labute approximate surface area is 162 Å². The van der Waals surface area contributed by atoms with Crippen LogP contribution in [-0.4, -0.2) is 40.2 Å². The average Bonchev–Trinajstić information content (AvgIpc) is 3.13. The lowest BCUT2D eigenvalue weighted by Gasteiger charge is -2.32. The fraction of sp³-hybridized carbons (Fsp3) is 0.450. The molecule has 2 aliphatic heterocycles. The molecule has 0 radical (unpaired) electrons. The number of aromatic amines is 1. The van der Waals surface area contributed by atoms with Crippen molar-refractivity contribution in [3.8, 4) is 5.75 Å². The summed E-state index contributed by atoms with van der Waals surface area (Å²) in [5.74, 6) is 0.487. The van der Waals surface area contributed by atoms with Crippen LogP contribution in [0, 0.1) is 12.7 Å². The van der Waals surface area contributed by atoms with Crippen LogP contribution < -0.4 is 15.2 Å². The zero-order valence-corrected chi connectivity index (χ0v) is 16.0. The maximum absolute atomic E-state index is 14.4. The minimum absolute atomic E-state index is 0.00202. The summed E-state index contributed by atoms with van der Waals surface area (Å²) in [6.07, 6.45) is 3.11. The summed E-state index contributed by atoms with van der Waals surface area (Å²) in [7, 11) is 0. The number of ether oxygens (including phenoxy) is 1. The summed E-state index contributed by atoms with van der Waals surface area (Å²) < 4.78 is 20.7. The molecule has 0 unspecified atom stereocenters. The van der Waals surface area contributed by atoms with Gasteiger partial charge in [0.1, 0.15) is 17.7 Å². The highest BCUT2D eigenvalue weighted by atomic mass is 19.1. The zero-order valence-electron chi connectivity index (χ0n) is 16.0. The van der Waals surface area contributed by atoms with Crippen molar-refractivity contribution in [3.63, 3.8) is 0 Å². The second-order valence-corrected chi connectivity index (χ2v) is 7.39. The van der Waals surface area contributed by atoms with Gasteiger partial charge in [-0.25, -0.2) is 9.49 Å². The molecule has 1 saturated heterocycles. The number of halogens is 1. The van der Waals surface area contributed by atoms with Crippen LogP contribution in [0.5, 0.6) is 5.75 Å². The lowest BCUT2D eigenvalue weighted by molar-refractivity contribution is -0.130. The topological polar surface area (TPSA) is 78.5 Å². The second kappa shape index (κ2) is 7.26. The standard InChI is InChI=1S/C20H23FN4O3/c1-12-18(9-22-23-20(12)27)25-10-15-16(11-25)19(4-3-17(15)21)28-14-5-7-24(8-6-14)13(2)26/h3-4,9,14H,5-8,10-11H2,1-2H3,(H,23,27). The highest BCUT2D eigenvalue weighted by Gasteiger charge is 2.29. The largest absolute Gasteiger partial charge is 0.490 e. The molecule has 1 aromatic heterocycles. The van der Waals surface area contributed by atoms with Crippen molar-refractivity contribution in [1.82, 2.24) is 15.1 Å². The molecule has 1 N–H and O–H groups in total. The van der Waals surface area contributed by atoms with Gasteiger partial charge in [-0.05, 0) is 19.1 Å². The molecule has 0 bridgehead atoms. The number of piperidine rings is 1. The van der Waals surface area contributed by atoms with Crippen LogP contribution in [0.3, 0.4) is 0 Å². The summed E-state index contributed by atoms with van der Waals surface area (Å²) in [6.45, 7) is 5.48. The first kappa shape index (κ1) is 18.5. The third-order valence-electron chi connectivity index (χ3n) is 5.63. The van der Waals surface area contributed by atoms with E-state index in [-0.39, 0.29) is 23.4 Å². The quantitative estimate of drug-likeness (QED) is 0.874. The second-order valence-electron chi connectivity index (χ2n) is 7.39. The molecule has 4 rings (SSSR count). The average molecular weight is 386 g/mol. The van der Waals surface area contributed by atoms with Gasteiger partial charge in [0.15, 0.2) is 0 Å². The number of benzene rings is 1. The Hall–Kier alpha value is -2.90. The Morgan fingerprint density at radius 1 is 1.25 bits per heavy atom. The summed E-state index contributed by atoms with van der Waals surface area (Å²) in [4.78, 5) is 27.1. The van der Waals surface area contributed by atoms with Gasteiger partial charge in [-0.1, -0.05) is 0 Å². The predicted molar refractivity (Wildman–Crippen MR) is 102 cm³/mol. The van der Waals surface area contributed by atoms with E-state index in [0.29, 0.717) is 48.7 Å². The third-order valence-corrected chi connectivity index (χ3v) is 5.63. The summed E-state index contributed by atoms with van der Waals surface area (Å²) in [6, 6.07) is 3.11. The first-order valence-electron chi connectivity index (χ1n) is 9.45. The lowest BCUT2D eigenvalue weighted by atomic mass is 10.1. The van der Waals surface area contributed by atoms with Crippen LogP contribution >= 0.6 is 0 Å². The number of hydrogen-bond donors (Lipinski definition) is 1. The molecule has 0 aliphatic carbocycles. The molecule has 1 amide bonds. The number of anilines is 1. The Morgan fingerprint density at radius 2 is 1.96 bits per heavy atom. The number of carbonyl (C=O) groups excluding carboxylic acids is 1. The van der Waals surface area contributed by atoms with E-state index in [9.17, 15) is 14.0 Å². The number of nitrogens with one attached hydrogen (secondary N) is 1. The molecule has 0 spiro atoms. The van der Waals surface area contributed by atoms with Gasteiger partial charge >= 0.3 is 0 Å². The minimum atomic E-state index is -0.272. The summed E-state index contributed by atoms with van der Waals surface area (Å²) in [5, 5.41) is 6.29. The first-order valence-corrected chi connectivity index (χ1v) is 9.45. The van der Waals surface area contributed by atoms with Crippen molar-refractivity contribution >= 4 is 11.6 Å². The Bertz CT molecular complexity index is 966. The van der Waals surface area contributed by atoms with Crippen LogP contribution in [0.25, 0.3) is 0 Å². The summed E-state index contributed by atoms with van der Waals surface area (Å²) in [5.41, 5.74) is 2.41. The van der Waals surface area contributed by atoms with E-state index in [2.05, 4.69) is 10.2 Å². The monoisotopic (exact) mass is 386 g/mol. The lowest BCUT2D eigenvalue weighted by Crippen LogP contribution is -2.40. The number of nitrogens with zero attached hydrogens (tertiary/aromatic N) is 3. The number of amides is 1. The molecular weight excluding hydrogens is 363 g/mol. The number of likely N-dealkylation sites (tertiary alicyclic amines) is 1. The van der Waals surface area contributed by atoms with E-state index in [1.807, 2.05) is 9.80 Å². The van der Waals surface area contributed by atoms with Crippen molar-refractivity contribution < 1.29 is 13.9 Å². The molecule has 1 aromatic carbocycles. The van der Waals surface area contributed by atoms with Crippen molar-refractivity contribution in [2.24, 2.45) is 0 Å². The van der Waals surface area contributed by atoms with E-state index >= 15 is 0 Å². The van der Waals surface area contributed by atoms with Crippen LogP contribution in [0.4, 0.5) is 10.1 Å². The Kier molecular flexibility index (Phi) is 4.78. The van der Waals surface area contributed by atoms with Gasteiger partial charge in [-0.2, -0.15) is 5.10 Å². The number of fused-ring (bicyclic) bond motifs is 1. The van der Waals surface area contributed by atoms with E-state index < -0.39 is 0 Å². The fourth-order valence-corrected chi connectivity index (χ4v) is 3.94. The van der Waals surface area contributed by atoms with Gasteiger partial charge in [-0.15, -0.1) is 0 Å². The van der Waals surface area contributed by atoms with Gasteiger partial charge < -0.3 is 14.5 Å². The van der Waals surface area contributed by atoms with Gasteiger partial charge in [0, 0.05) is 62.6 Å². The first-order chi connectivity index (χ1) is 13.4. The fourth-order valence-electron chi connectivity index (χ4n) is 3.94. The highest BCUT2D eigenvalue weighted by Crippen LogP contribution is 2.37. The molecule has 1 fully saturated rings. The van der Waals surface area contributed by atoms with Crippen LogP contribution in [-0.2, 0) is 17.9 Å². The maximum Gasteiger partial charge on any atom is 0.269 e. The van der Waals surface area contributed by atoms with Crippen molar-refractivity contribution in [2.75, 3.05) is 18.0 Å².